The molecule has 3 aliphatic heterocycles. The Morgan fingerprint density at radius 2 is 2.21 bits per heavy atom. The standard InChI is InChI=1S/C18H26N2O4/c21-17(20-5-1-2-6-20)13-23-16-9-18(24-12-16)4-7-19(14-18)10-15-3-8-22-11-15/h3,8,11,16H,1-2,4-7,9-10,12-14H2/t16-,18-/m1/s1. The van der Waals surface area contributed by atoms with Crippen molar-refractivity contribution < 1.29 is 18.7 Å². The fourth-order valence-electron chi connectivity index (χ4n) is 4.14. The largest absolute Gasteiger partial charge is 0.472 e. The fraction of sp³-hybridized carbons (Fsp3) is 0.722. The number of nitrogens with zero attached hydrogens (tertiary/aromatic N) is 2. The normalized spacial score (nSPS) is 30.7. The van der Waals surface area contributed by atoms with Gasteiger partial charge in [-0.3, -0.25) is 9.69 Å². The number of likely N-dealkylation sites (tertiary alicyclic amines) is 2. The van der Waals surface area contributed by atoms with Crippen molar-refractivity contribution in [1.82, 2.24) is 9.80 Å². The molecule has 132 valence electrons. The zero-order chi connectivity index (χ0) is 16.4. The van der Waals surface area contributed by atoms with E-state index in [2.05, 4.69) is 4.90 Å². The van der Waals surface area contributed by atoms with Crippen LogP contribution in [0.1, 0.15) is 31.2 Å². The third kappa shape index (κ3) is 3.50. The van der Waals surface area contributed by atoms with Gasteiger partial charge in [-0.1, -0.05) is 0 Å². The second-order valence-electron chi connectivity index (χ2n) is 7.31. The maximum Gasteiger partial charge on any atom is 0.248 e. The second kappa shape index (κ2) is 6.86. The Morgan fingerprint density at radius 1 is 1.33 bits per heavy atom. The van der Waals surface area contributed by atoms with E-state index < -0.39 is 0 Å². The Kier molecular flexibility index (Phi) is 4.61. The van der Waals surface area contributed by atoms with Gasteiger partial charge in [-0.05, 0) is 25.3 Å². The van der Waals surface area contributed by atoms with Crippen LogP contribution in [0.4, 0.5) is 0 Å². The van der Waals surface area contributed by atoms with Crippen LogP contribution >= 0.6 is 0 Å². The molecule has 4 heterocycles. The molecule has 4 rings (SSSR count). The Bertz CT molecular complexity index is 555. The van der Waals surface area contributed by atoms with Crippen molar-refractivity contribution in [2.24, 2.45) is 0 Å². The summed E-state index contributed by atoms with van der Waals surface area (Å²) in [4.78, 5) is 16.4. The molecule has 3 fully saturated rings. The Morgan fingerprint density at radius 3 is 3.00 bits per heavy atom. The highest BCUT2D eigenvalue weighted by molar-refractivity contribution is 5.77. The highest BCUT2D eigenvalue weighted by atomic mass is 16.6. The highest BCUT2D eigenvalue weighted by Gasteiger charge is 2.46. The van der Waals surface area contributed by atoms with Crippen molar-refractivity contribution in [1.29, 1.82) is 0 Å². The van der Waals surface area contributed by atoms with Gasteiger partial charge in [0.05, 0.1) is 30.8 Å². The Balaban J connectivity index is 1.23. The number of amides is 1. The van der Waals surface area contributed by atoms with Gasteiger partial charge in [0.2, 0.25) is 5.91 Å². The van der Waals surface area contributed by atoms with Crippen molar-refractivity contribution >= 4 is 5.91 Å². The minimum absolute atomic E-state index is 0.0467. The molecule has 0 unspecified atom stereocenters. The van der Waals surface area contributed by atoms with Crippen molar-refractivity contribution in [3.8, 4) is 0 Å². The van der Waals surface area contributed by atoms with Gasteiger partial charge in [0.25, 0.3) is 0 Å². The number of hydrogen-bond donors (Lipinski definition) is 0. The van der Waals surface area contributed by atoms with Crippen LogP contribution in [-0.4, -0.2) is 66.8 Å². The lowest BCUT2D eigenvalue weighted by Gasteiger charge is -2.23. The molecular formula is C18H26N2O4. The predicted octanol–water partition coefficient (Wildman–Crippen LogP) is 1.65. The van der Waals surface area contributed by atoms with Gasteiger partial charge in [0, 0.05) is 44.7 Å². The van der Waals surface area contributed by atoms with Crippen molar-refractivity contribution in [3.63, 3.8) is 0 Å². The maximum absolute atomic E-state index is 12.1. The monoisotopic (exact) mass is 334 g/mol. The number of ether oxygens (including phenoxy) is 2. The minimum atomic E-state index is -0.0922. The Labute approximate surface area is 142 Å². The summed E-state index contributed by atoms with van der Waals surface area (Å²) in [5.74, 6) is 0.126. The lowest BCUT2D eigenvalue weighted by molar-refractivity contribution is -0.137. The molecule has 3 saturated heterocycles. The van der Waals surface area contributed by atoms with E-state index in [1.54, 1.807) is 12.5 Å². The predicted molar refractivity (Wildman–Crippen MR) is 87.5 cm³/mol. The highest BCUT2D eigenvalue weighted by Crippen LogP contribution is 2.36. The first-order valence-corrected chi connectivity index (χ1v) is 8.99. The molecule has 1 aromatic rings. The third-order valence-electron chi connectivity index (χ3n) is 5.46. The topological polar surface area (TPSA) is 55.2 Å². The molecule has 0 radical (unpaired) electrons. The quantitative estimate of drug-likeness (QED) is 0.820. The molecule has 1 amide bonds. The minimum Gasteiger partial charge on any atom is -0.472 e. The zero-order valence-electron chi connectivity index (χ0n) is 14.1. The van der Waals surface area contributed by atoms with E-state index in [1.165, 1.54) is 5.56 Å². The summed E-state index contributed by atoms with van der Waals surface area (Å²) in [5, 5.41) is 0. The molecule has 6 nitrogen and oxygen atoms in total. The smallest absolute Gasteiger partial charge is 0.248 e. The first-order chi connectivity index (χ1) is 11.7. The molecule has 3 aliphatic rings. The number of carbonyl (C=O) groups excluding carboxylic acids is 1. The van der Waals surface area contributed by atoms with E-state index in [0.29, 0.717) is 6.61 Å². The number of rotatable bonds is 5. The lowest BCUT2D eigenvalue weighted by atomic mass is 9.98. The van der Waals surface area contributed by atoms with Crippen LogP contribution < -0.4 is 0 Å². The molecule has 1 aromatic heterocycles. The van der Waals surface area contributed by atoms with Gasteiger partial charge < -0.3 is 18.8 Å². The Hall–Kier alpha value is -1.37. The summed E-state index contributed by atoms with van der Waals surface area (Å²) < 4.78 is 17.1. The van der Waals surface area contributed by atoms with Gasteiger partial charge in [0.15, 0.2) is 0 Å². The van der Waals surface area contributed by atoms with Crippen LogP contribution in [0.3, 0.4) is 0 Å². The van der Waals surface area contributed by atoms with E-state index in [9.17, 15) is 4.79 Å². The van der Waals surface area contributed by atoms with Crippen LogP contribution in [0, 0.1) is 0 Å². The van der Waals surface area contributed by atoms with Crippen LogP contribution in [0.2, 0.25) is 0 Å². The molecular weight excluding hydrogens is 308 g/mol. The second-order valence-corrected chi connectivity index (χ2v) is 7.31. The van der Waals surface area contributed by atoms with E-state index >= 15 is 0 Å². The first-order valence-electron chi connectivity index (χ1n) is 8.99. The third-order valence-corrected chi connectivity index (χ3v) is 5.46. The van der Waals surface area contributed by atoms with Crippen molar-refractivity contribution in [2.75, 3.05) is 39.4 Å². The molecule has 0 bridgehead atoms. The molecule has 24 heavy (non-hydrogen) atoms. The fourth-order valence-corrected chi connectivity index (χ4v) is 4.14. The van der Waals surface area contributed by atoms with Gasteiger partial charge in [0.1, 0.15) is 6.61 Å². The summed E-state index contributed by atoms with van der Waals surface area (Å²) in [6.07, 6.45) is 7.73. The number of furan rings is 1. The van der Waals surface area contributed by atoms with E-state index in [-0.39, 0.29) is 24.2 Å². The molecule has 1 spiro atoms. The molecule has 2 atom stereocenters. The summed E-state index contributed by atoms with van der Waals surface area (Å²) in [7, 11) is 0. The molecule has 6 heteroatoms. The molecule has 0 aliphatic carbocycles. The molecule has 0 saturated carbocycles. The van der Waals surface area contributed by atoms with Crippen LogP contribution in [0.5, 0.6) is 0 Å². The summed E-state index contributed by atoms with van der Waals surface area (Å²) in [5.41, 5.74) is 1.11. The molecule has 0 aromatic carbocycles. The van der Waals surface area contributed by atoms with Crippen molar-refractivity contribution in [3.05, 3.63) is 24.2 Å². The summed E-state index contributed by atoms with van der Waals surface area (Å²) >= 11 is 0. The van der Waals surface area contributed by atoms with Gasteiger partial charge >= 0.3 is 0 Å². The zero-order valence-corrected chi connectivity index (χ0v) is 14.1. The van der Waals surface area contributed by atoms with Gasteiger partial charge in [-0.25, -0.2) is 0 Å². The first kappa shape index (κ1) is 16.1. The SMILES string of the molecule is O=C(CO[C@H]1CO[C@]2(CCN(Cc3ccoc3)C2)C1)N1CCCC1. The number of carbonyl (C=O) groups is 1. The summed E-state index contributed by atoms with van der Waals surface area (Å²) in [6.45, 7) is 5.44. The van der Waals surface area contributed by atoms with Gasteiger partial charge in [-0.2, -0.15) is 0 Å². The average Bonchev–Trinajstić information content (AvgIpc) is 3.35. The summed E-state index contributed by atoms with van der Waals surface area (Å²) in [6, 6.07) is 2.01. The van der Waals surface area contributed by atoms with E-state index in [4.69, 9.17) is 13.9 Å². The van der Waals surface area contributed by atoms with Crippen LogP contribution in [0.15, 0.2) is 23.0 Å². The maximum atomic E-state index is 12.1. The average molecular weight is 334 g/mol. The van der Waals surface area contributed by atoms with Crippen LogP contribution in [0.25, 0.3) is 0 Å². The van der Waals surface area contributed by atoms with E-state index in [0.717, 1.165) is 58.4 Å². The lowest BCUT2D eigenvalue weighted by Crippen LogP contribution is -2.34. The van der Waals surface area contributed by atoms with Crippen LogP contribution in [-0.2, 0) is 20.8 Å². The van der Waals surface area contributed by atoms with E-state index in [1.807, 2.05) is 11.0 Å². The molecule has 0 N–H and O–H groups in total. The van der Waals surface area contributed by atoms with Crippen molar-refractivity contribution in [2.45, 2.75) is 43.9 Å². The number of hydrogen-bond acceptors (Lipinski definition) is 5. The van der Waals surface area contributed by atoms with Gasteiger partial charge in [-0.15, -0.1) is 0 Å².